The van der Waals surface area contributed by atoms with E-state index in [1.165, 1.54) is 12.1 Å². The Labute approximate surface area is 162 Å². The van der Waals surface area contributed by atoms with Gasteiger partial charge in [0.2, 0.25) is 5.91 Å². The molecule has 2 aromatic carbocycles. The number of hydrogen-bond donors (Lipinski definition) is 1. The minimum absolute atomic E-state index is 0.00983. The molecule has 1 fully saturated rings. The fourth-order valence-electron chi connectivity index (χ4n) is 3.52. The van der Waals surface area contributed by atoms with Crippen molar-refractivity contribution in [2.24, 2.45) is 5.92 Å². The fraction of sp³-hybridized carbons (Fsp3) is 0.476. The van der Waals surface area contributed by atoms with Gasteiger partial charge in [-0.15, -0.1) is 0 Å². The third-order valence-corrected chi connectivity index (χ3v) is 4.81. The standard InChI is InChI=1S/C21H25F3N2O2/c1-13(2)12-28-17-7-5-6-14-8-9-15(10-16(14)17)19(21(22,23)24)26-20(3,4)11-18(27)25-26/h5-10,13,19H,11-12H2,1-4H3,(H,25,27). The van der Waals surface area contributed by atoms with Crippen molar-refractivity contribution in [1.82, 2.24) is 10.4 Å². The minimum Gasteiger partial charge on any atom is -0.493 e. The van der Waals surface area contributed by atoms with Crippen molar-refractivity contribution in [1.29, 1.82) is 0 Å². The van der Waals surface area contributed by atoms with Crippen LogP contribution in [-0.2, 0) is 4.79 Å². The maximum Gasteiger partial charge on any atom is 0.409 e. The van der Waals surface area contributed by atoms with Gasteiger partial charge in [-0.25, -0.2) is 0 Å². The lowest BCUT2D eigenvalue weighted by Crippen LogP contribution is -2.51. The summed E-state index contributed by atoms with van der Waals surface area (Å²) in [6.07, 6.45) is -4.55. The molecule has 1 atom stereocenters. The Morgan fingerprint density at radius 1 is 1.21 bits per heavy atom. The Kier molecular flexibility index (Phi) is 5.32. The number of alkyl halides is 3. The fourth-order valence-corrected chi connectivity index (χ4v) is 3.52. The SMILES string of the molecule is CC(C)COc1cccc2ccc(C(N3NC(=O)CC3(C)C)C(F)(F)F)cc12. The minimum atomic E-state index is -4.56. The van der Waals surface area contributed by atoms with Gasteiger partial charge in [-0.1, -0.05) is 38.1 Å². The molecule has 0 bridgehead atoms. The molecule has 1 amide bonds. The first kappa shape index (κ1) is 20.5. The Morgan fingerprint density at radius 3 is 2.50 bits per heavy atom. The van der Waals surface area contributed by atoms with Crippen LogP contribution in [0.4, 0.5) is 13.2 Å². The van der Waals surface area contributed by atoms with E-state index in [2.05, 4.69) is 5.43 Å². The maximum absolute atomic E-state index is 14.1. The highest BCUT2D eigenvalue weighted by Crippen LogP contribution is 2.43. The second-order valence-corrected chi connectivity index (χ2v) is 8.28. The van der Waals surface area contributed by atoms with Gasteiger partial charge >= 0.3 is 6.18 Å². The third kappa shape index (κ3) is 4.09. The van der Waals surface area contributed by atoms with Gasteiger partial charge in [-0.05, 0) is 42.8 Å². The van der Waals surface area contributed by atoms with E-state index in [-0.39, 0.29) is 12.0 Å². The summed E-state index contributed by atoms with van der Waals surface area (Å²) in [6.45, 7) is 7.74. The van der Waals surface area contributed by atoms with Gasteiger partial charge in [-0.2, -0.15) is 18.2 Å². The summed E-state index contributed by atoms with van der Waals surface area (Å²) in [5, 5.41) is 2.45. The molecule has 7 heteroatoms. The molecule has 3 rings (SSSR count). The molecule has 28 heavy (non-hydrogen) atoms. The van der Waals surface area contributed by atoms with Crippen molar-refractivity contribution in [2.45, 2.75) is 51.9 Å². The number of ether oxygens (including phenoxy) is 1. The molecule has 4 nitrogen and oxygen atoms in total. The number of hydrogen-bond acceptors (Lipinski definition) is 3. The molecule has 2 aromatic rings. The average molecular weight is 394 g/mol. The van der Waals surface area contributed by atoms with Gasteiger partial charge in [0, 0.05) is 17.3 Å². The van der Waals surface area contributed by atoms with Crippen molar-refractivity contribution >= 4 is 16.7 Å². The van der Waals surface area contributed by atoms with E-state index in [9.17, 15) is 18.0 Å². The number of nitrogens with one attached hydrogen (secondary N) is 1. The van der Waals surface area contributed by atoms with Crippen molar-refractivity contribution in [3.05, 3.63) is 42.0 Å². The van der Waals surface area contributed by atoms with Crippen molar-refractivity contribution < 1.29 is 22.7 Å². The average Bonchev–Trinajstić information content (AvgIpc) is 2.83. The summed E-state index contributed by atoms with van der Waals surface area (Å²) in [6, 6.07) is 8.12. The molecule has 1 saturated heterocycles. The Morgan fingerprint density at radius 2 is 1.93 bits per heavy atom. The van der Waals surface area contributed by atoms with Crippen LogP contribution in [0.3, 0.4) is 0 Å². The number of benzene rings is 2. The van der Waals surface area contributed by atoms with Crippen molar-refractivity contribution in [3.63, 3.8) is 0 Å². The molecule has 1 aliphatic rings. The lowest BCUT2D eigenvalue weighted by Gasteiger charge is -2.38. The predicted molar refractivity (Wildman–Crippen MR) is 102 cm³/mol. The van der Waals surface area contributed by atoms with Crippen LogP contribution in [0, 0.1) is 5.92 Å². The zero-order valence-corrected chi connectivity index (χ0v) is 16.4. The quantitative estimate of drug-likeness (QED) is 0.777. The van der Waals surface area contributed by atoms with E-state index < -0.39 is 23.7 Å². The smallest absolute Gasteiger partial charge is 0.409 e. The van der Waals surface area contributed by atoms with Crippen LogP contribution in [0.5, 0.6) is 5.75 Å². The van der Waals surface area contributed by atoms with Crippen LogP contribution in [-0.4, -0.2) is 29.2 Å². The van der Waals surface area contributed by atoms with Crippen LogP contribution < -0.4 is 10.2 Å². The molecule has 0 aromatic heterocycles. The summed E-state index contributed by atoms with van der Waals surface area (Å²) in [7, 11) is 0. The first-order chi connectivity index (χ1) is 13.0. The van der Waals surface area contributed by atoms with Gasteiger partial charge in [0.15, 0.2) is 6.04 Å². The van der Waals surface area contributed by atoms with E-state index >= 15 is 0 Å². The van der Waals surface area contributed by atoms with Crippen LogP contribution in [0.1, 0.15) is 45.7 Å². The monoisotopic (exact) mass is 394 g/mol. The zero-order valence-electron chi connectivity index (χ0n) is 16.4. The molecule has 1 heterocycles. The van der Waals surface area contributed by atoms with E-state index in [0.29, 0.717) is 23.7 Å². The molecule has 0 radical (unpaired) electrons. The molecule has 0 saturated carbocycles. The highest BCUT2D eigenvalue weighted by molar-refractivity contribution is 5.89. The number of amides is 1. The number of carbonyl (C=O) groups excluding carboxylic acids is 1. The molecule has 152 valence electrons. The van der Waals surface area contributed by atoms with Crippen molar-refractivity contribution in [3.8, 4) is 5.75 Å². The number of rotatable bonds is 5. The van der Waals surface area contributed by atoms with Gasteiger partial charge in [0.25, 0.3) is 0 Å². The second-order valence-electron chi connectivity index (χ2n) is 8.28. The van der Waals surface area contributed by atoms with Crippen LogP contribution in [0.2, 0.25) is 0 Å². The summed E-state index contributed by atoms with van der Waals surface area (Å²) >= 11 is 0. The number of hydrazine groups is 1. The molecular formula is C21H25F3N2O2. The lowest BCUT2D eigenvalue weighted by atomic mass is 9.95. The molecule has 0 spiro atoms. The summed E-state index contributed by atoms with van der Waals surface area (Å²) in [5.41, 5.74) is 1.50. The maximum atomic E-state index is 14.1. The van der Waals surface area contributed by atoms with E-state index in [1.807, 2.05) is 26.0 Å². The first-order valence-corrected chi connectivity index (χ1v) is 9.30. The topological polar surface area (TPSA) is 41.6 Å². The van der Waals surface area contributed by atoms with Crippen molar-refractivity contribution in [2.75, 3.05) is 6.61 Å². The number of nitrogens with zero attached hydrogens (tertiary/aromatic N) is 1. The Bertz CT molecular complexity index is 878. The van der Waals surface area contributed by atoms with Gasteiger partial charge in [0.1, 0.15) is 5.75 Å². The third-order valence-electron chi connectivity index (χ3n) is 4.81. The molecule has 1 N–H and O–H groups in total. The number of fused-ring (bicyclic) bond motifs is 1. The van der Waals surface area contributed by atoms with Crippen LogP contribution in [0.25, 0.3) is 10.8 Å². The number of carbonyl (C=O) groups is 1. The predicted octanol–water partition coefficient (Wildman–Crippen LogP) is 4.99. The number of halogens is 3. The van der Waals surface area contributed by atoms with Gasteiger partial charge < -0.3 is 4.74 Å². The lowest BCUT2D eigenvalue weighted by molar-refractivity contribution is -0.203. The normalized spacial score (nSPS) is 18.5. The van der Waals surface area contributed by atoms with E-state index in [1.54, 1.807) is 26.0 Å². The molecular weight excluding hydrogens is 369 g/mol. The largest absolute Gasteiger partial charge is 0.493 e. The molecule has 1 unspecified atom stereocenters. The summed E-state index contributed by atoms with van der Waals surface area (Å²) in [4.78, 5) is 11.8. The van der Waals surface area contributed by atoms with Crippen LogP contribution >= 0.6 is 0 Å². The van der Waals surface area contributed by atoms with Gasteiger partial charge in [0.05, 0.1) is 6.61 Å². The molecule has 1 aliphatic heterocycles. The Hall–Kier alpha value is -2.28. The van der Waals surface area contributed by atoms with Gasteiger partial charge in [-0.3, -0.25) is 10.2 Å². The molecule has 0 aliphatic carbocycles. The second kappa shape index (κ2) is 7.28. The van der Waals surface area contributed by atoms with E-state index in [0.717, 1.165) is 10.4 Å². The Balaban J connectivity index is 2.08. The van der Waals surface area contributed by atoms with Crippen LogP contribution in [0.15, 0.2) is 36.4 Å². The first-order valence-electron chi connectivity index (χ1n) is 9.30. The zero-order chi connectivity index (χ0) is 20.7. The highest BCUT2D eigenvalue weighted by atomic mass is 19.4. The summed E-state index contributed by atoms with van der Waals surface area (Å²) in [5.74, 6) is 0.432. The summed E-state index contributed by atoms with van der Waals surface area (Å²) < 4.78 is 48.0. The van der Waals surface area contributed by atoms with E-state index in [4.69, 9.17) is 4.74 Å². The highest BCUT2D eigenvalue weighted by Gasteiger charge is 2.53.